The summed E-state index contributed by atoms with van der Waals surface area (Å²) in [6, 6.07) is 3.59. The van der Waals surface area contributed by atoms with Crippen LogP contribution in [0.1, 0.15) is 5.56 Å². The van der Waals surface area contributed by atoms with E-state index in [0.29, 0.717) is 18.3 Å². The molecule has 1 aromatic heterocycles. The second-order valence-corrected chi connectivity index (χ2v) is 2.23. The second-order valence-electron chi connectivity index (χ2n) is 2.23. The highest BCUT2D eigenvalue weighted by molar-refractivity contribution is 5.85. The Labute approximate surface area is 83.5 Å². The summed E-state index contributed by atoms with van der Waals surface area (Å²) in [4.78, 5) is 4.06. The van der Waals surface area contributed by atoms with Crippen molar-refractivity contribution in [3.8, 4) is 11.8 Å². The Kier molecular flexibility index (Phi) is 5.18. The van der Waals surface area contributed by atoms with Crippen LogP contribution in [0, 0.1) is 0 Å². The number of aromatic nitrogens is 1. The molecule has 0 aliphatic carbocycles. The summed E-state index contributed by atoms with van der Waals surface area (Å²) in [5, 5.41) is 0. The molecule has 0 spiro atoms. The summed E-state index contributed by atoms with van der Waals surface area (Å²) in [5.74, 6) is 1.06. The van der Waals surface area contributed by atoms with Crippen LogP contribution in [0.15, 0.2) is 12.1 Å². The van der Waals surface area contributed by atoms with Gasteiger partial charge in [0.2, 0.25) is 11.8 Å². The highest BCUT2D eigenvalue weighted by atomic mass is 35.5. The zero-order valence-electron chi connectivity index (χ0n) is 7.61. The normalized spacial score (nSPS) is 8.85. The molecular weight excluding hydrogens is 192 g/mol. The first-order valence-electron chi connectivity index (χ1n) is 3.59. The lowest BCUT2D eigenvalue weighted by Gasteiger charge is -2.06. The van der Waals surface area contributed by atoms with E-state index >= 15 is 0 Å². The van der Waals surface area contributed by atoms with Crippen LogP contribution in [0.25, 0.3) is 0 Å². The Morgan fingerprint density at radius 3 is 2.46 bits per heavy atom. The number of methoxy groups -OCH3 is 2. The summed E-state index contributed by atoms with van der Waals surface area (Å²) >= 11 is 0. The monoisotopic (exact) mass is 204 g/mol. The number of ether oxygens (including phenoxy) is 2. The number of halogens is 1. The maximum absolute atomic E-state index is 5.46. The van der Waals surface area contributed by atoms with E-state index in [4.69, 9.17) is 15.2 Å². The van der Waals surface area contributed by atoms with Gasteiger partial charge in [-0.25, -0.2) is 0 Å². The van der Waals surface area contributed by atoms with Gasteiger partial charge in [-0.3, -0.25) is 0 Å². The van der Waals surface area contributed by atoms with Crippen molar-refractivity contribution in [1.82, 2.24) is 4.98 Å². The molecule has 0 aliphatic rings. The van der Waals surface area contributed by atoms with Gasteiger partial charge < -0.3 is 15.2 Å². The first-order chi connectivity index (χ1) is 5.81. The van der Waals surface area contributed by atoms with Crippen molar-refractivity contribution in [2.45, 2.75) is 6.54 Å². The van der Waals surface area contributed by atoms with Crippen molar-refractivity contribution in [2.24, 2.45) is 5.73 Å². The van der Waals surface area contributed by atoms with Crippen molar-refractivity contribution in [2.75, 3.05) is 14.2 Å². The standard InChI is InChI=1S/C8H12N2O2.ClH/c1-11-7-4-3-6(5-9)8(10-7)12-2;/h3-4H,5,9H2,1-2H3;1H. The van der Waals surface area contributed by atoms with Gasteiger partial charge >= 0.3 is 0 Å². The van der Waals surface area contributed by atoms with Crippen LogP contribution in [-0.2, 0) is 6.54 Å². The predicted octanol–water partition coefficient (Wildman–Crippen LogP) is 0.979. The van der Waals surface area contributed by atoms with E-state index in [0.717, 1.165) is 5.56 Å². The zero-order chi connectivity index (χ0) is 8.97. The molecule has 1 heterocycles. The third-order valence-corrected chi connectivity index (χ3v) is 1.54. The Morgan fingerprint density at radius 1 is 1.31 bits per heavy atom. The molecule has 0 aliphatic heterocycles. The van der Waals surface area contributed by atoms with Crippen LogP contribution < -0.4 is 15.2 Å². The number of nitrogens with two attached hydrogens (primary N) is 1. The van der Waals surface area contributed by atoms with E-state index in [1.165, 1.54) is 0 Å². The maximum atomic E-state index is 5.46. The highest BCUT2D eigenvalue weighted by Crippen LogP contribution is 2.18. The molecule has 0 amide bonds. The Morgan fingerprint density at radius 2 is 2.00 bits per heavy atom. The largest absolute Gasteiger partial charge is 0.481 e. The summed E-state index contributed by atoms with van der Waals surface area (Å²) in [5.41, 5.74) is 6.33. The van der Waals surface area contributed by atoms with Crippen LogP contribution in [0.3, 0.4) is 0 Å². The lowest BCUT2D eigenvalue weighted by molar-refractivity contribution is 0.361. The number of nitrogens with zero attached hydrogens (tertiary/aromatic N) is 1. The molecule has 0 aromatic carbocycles. The molecular formula is C8H13ClN2O2. The molecule has 1 rings (SSSR count). The van der Waals surface area contributed by atoms with Gasteiger partial charge in [0.05, 0.1) is 14.2 Å². The molecule has 0 saturated heterocycles. The number of pyridine rings is 1. The summed E-state index contributed by atoms with van der Waals surface area (Å²) < 4.78 is 9.93. The van der Waals surface area contributed by atoms with Crippen molar-refractivity contribution >= 4 is 12.4 Å². The van der Waals surface area contributed by atoms with Gasteiger partial charge in [-0.05, 0) is 6.07 Å². The smallest absolute Gasteiger partial charge is 0.220 e. The SMILES string of the molecule is COc1ccc(CN)c(OC)n1.Cl. The Hall–Kier alpha value is -1.00. The topological polar surface area (TPSA) is 57.4 Å². The summed E-state index contributed by atoms with van der Waals surface area (Å²) in [6.07, 6.45) is 0. The fourth-order valence-corrected chi connectivity index (χ4v) is 0.898. The van der Waals surface area contributed by atoms with Gasteiger partial charge in [-0.1, -0.05) is 0 Å². The molecule has 5 heteroatoms. The number of hydrogen-bond acceptors (Lipinski definition) is 4. The lowest BCUT2D eigenvalue weighted by atomic mass is 10.3. The van der Waals surface area contributed by atoms with E-state index in [-0.39, 0.29) is 12.4 Å². The minimum atomic E-state index is 0. The number of rotatable bonds is 3. The van der Waals surface area contributed by atoms with E-state index < -0.39 is 0 Å². The lowest BCUT2D eigenvalue weighted by Crippen LogP contribution is -2.02. The number of hydrogen-bond donors (Lipinski definition) is 1. The molecule has 74 valence electrons. The molecule has 0 fully saturated rings. The molecule has 0 atom stereocenters. The summed E-state index contributed by atoms with van der Waals surface area (Å²) in [6.45, 7) is 0.417. The fourth-order valence-electron chi connectivity index (χ4n) is 0.898. The quantitative estimate of drug-likeness (QED) is 0.798. The Balaban J connectivity index is 0.00000144. The average molecular weight is 205 g/mol. The molecule has 2 N–H and O–H groups in total. The fraction of sp³-hybridized carbons (Fsp3) is 0.375. The third kappa shape index (κ3) is 2.75. The molecule has 1 aromatic rings. The minimum Gasteiger partial charge on any atom is -0.481 e. The van der Waals surface area contributed by atoms with E-state index in [1.54, 1.807) is 20.3 Å². The molecule has 4 nitrogen and oxygen atoms in total. The van der Waals surface area contributed by atoms with Gasteiger partial charge in [0.1, 0.15) is 0 Å². The minimum absolute atomic E-state index is 0. The van der Waals surface area contributed by atoms with Gasteiger partial charge in [-0.2, -0.15) is 4.98 Å². The van der Waals surface area contributed by atoms with Gasteiger partial charge in [0.15, 0.2) is 0 Å². The maximum Gasteiger partial charge on any atom is 0.220 e. The van der Waals surface area contributed by atoms with Gasteiger partial charge in [-0.15, -0.1) is 12.4 Å². The molecule has 13 heavy (non-hydrogen) atoms. The van der Waals surface area contributed by atoms with Crippen LogP contribution in [0.4, 0.5) is 0 Å². The first-order valence-corrected chi connectivity index (χ1v) is 3.59. The van der Waals surface area contributed by atoms with Crippen molar-refractivity contribution in [3.63, 3.8) is 0 Å². The molecule has 0 unspecified atom stereocenters. The van der Waals surface area contributed by atoms with E-state index in [9.17, 15) is 0 Å². The van der Waals surface area contributed by atoms with Crippen molar-refractivity contribution in [3.05, 3.63) is 17.7 Å². The van der Waals surface area contributed by atoms with Crippen LogP contribution >= 0.6 is 12.4 Å². The molecule has 0 bridgehead atoms. The Bertz CT molecular complexity index is 268. The first kappa shape index (κ1) is 12.0. The summed E-state index contributed by atoms with van der Waals surface area (Å²) in [7, 11) is 3.12. The van der Waals surface area contributed by atoms with Crippen LogP contribution in [0.5, 0.6) is 11.8 Å². The van der Waals surface area contributed by atoms with Crippen molar-refractivity contribution < 1.29 is 9.47 Å². The average Bonchev–Trinajstić information content (AvgIpc) is 2.16. The zero-order valence-corrected chi connectivity index (χ0v) is 8.43. The molecule has 0 radical (unpaired) electrons. The van der Waals surface area contributed by atoms with Gasteiger partial charge in [0, 0.05) is 18.2 Å². The van der Waals surface area contributed by atoms with Crippen LogP contribution in [0.2, 0.25) is 0 Å². The van der Waals surface area contributed by atoms with Gasteiger partial charge in [0.25, 0.3) is 0 Å². The third-order valence-electron chi connectivity index (χ3n) is 1.54. The molecule has 0 saturated carbocycles. The van der Waals surface area contributed by atoms with E-state index in [2.05, 4.69) is 4.98 Å². The van der Waals surface area contributed by atoms with E-state index in [1.807, 2.05) is 6.07 Å². The highest BCUT2D eigenvalue weighted by Gasteiger charge is 2.03. The predicted molar refractivity (Wildman–Crippen MR) is 52.5 cm³/mol. The van der Waals surface area contributed by atoms with Crippen LogP contribution in [-0.4, -0.2) is 19.2 Å². The second kappa shape index (κ2) is 5.61. The van der Waals surface area contributed by atoms with Crippen molar-refractivity contribution in [1.29, 1.82) is 0 Å².